The third-order valence-electron chi connectivity index (χ3n) is 4.22. The van der Waals surface area contributed by atoms with Crippen molar-refractivity contribution in [2.45, 2.75) is 38.8 Å². The Bertz CT molecular complexity index is 404. The van der Waals surface area contributed by atoms with Gasteiger partial charge in [-0.15, -0.1) is 0 Å². The van der Waals surface area contributed by atoms with E-state index >= 15 is 0 Å². The van der Waals surface area contributed by atoms with E-state index < -0.39 is 0 Å². The van der Waals surface area contributed by atoms with E-state index in [-0.39, 0.29) is 0 Å². The summed E-state index contributed by atoms with van der Waals surface area (Å²) in [6.45, 7) is 8.17. The van der Waals surface area contributed by atoms with E-state index in [0.717, 1.165) is 18.3 Å². The van der Waals surface area contributed by atoms with Crippen molar-refractivity contribution in [2.75, 3.05) is 26.2 Å². The molecule has 0 spiro atoms. The summed E-state index contributed by atoms with van der Waals surface area (Å²) in [6, 6.07) is 7.16. The average Bonchev–Trinajstić information content (AvgIpc) is 2.69. The molecule has 3 rings (SSSR count). The fourth-order valence-electron chi connectivity index (χ4n) is 3.34. The number of aryl methyl sites for hydroxylation is 1. The molecule has 1 atom stereocenters. The monoisotopic (exact) mass is 245 g/mol. The Morgan fingerprint density at radius 1 is 1.22 bits per heavy atom. The molecule has 1 aromatic rings. The van der Waals surface area contributed by atoms with E-state index in [1.165, 1.54) is 51.1 Å². The summed E-state index contributed by atoms with van der Waals surface area (Å²) < 4.78 is 0. The molecule has 1 aromatic heterocycles. The van der Waals surface area contributed by atoms with Gasteiger partial charge in [-0.25, -0.2) is 0 Å². The lowest BCUT2D eigenvalue weighted by Gasteiger charge is -2.25. The lowest BCUT2D eigenvalue weighted by molar-refractivity contribution is 0.214. The Kier molecular flexibility index (Phi) is 3.62. The van der Waals surface area contributed by atoms with Gasteiger partial charge in [-0.2, -0.15) is 0 Å². The van der Waals surface area contributed by atoms with E-state index in [0.29, 0.717) is 0 Å². The zero-order valence-electron chi connectivity index (χ0n) is 11.3. The van der Waals surface area contributed by atoms with Crippen LogP contribution in [-0.4, -0.2) is 47.0 Å². The molecule has 3 heteroatoms. The van der Waals surface area contributed by atoms with Crippen LogP contribution in [0, 0.1) is 6.92 Å². The maximum Gasteiger partial charge on any atom is 0.0547 e. The SMILES string of the molecule is Cc1cccc(CN2CCCN3CCCC3C2)n1. The number of pyridine rings is 1. The van der Waals surface area contributed by atoms with Crippen LogP contribution >= 0.6 is 0 Å². The van der Waals surface area contributed by atoms with Gasteiger partial charge in [0.2, 0.25) is 0 Å². The molecule has 2 saturated heterocycles. The Labute approximate surface area is 110 Å². The van der Waals surface area contributed by atoms with Crippen LogP contribution in [0.15, 0.2) is 18.2 Å². The minimum atomic E-state index is 0.803. The lowest BCUT2D eigenvalue weighted by atomic mass is 10.2. The fraction of sp³-hybridized carbons (Fsp3) is 0.667. The van der Waals surface area contributed by atoms with Crippen LogP contribution in [0.3, 0.4) is 0 Å². The van der Waals surface area contributed by atoms with Crippen LogP contribution in [0.25, 0.3) is 0 Å². The molecule has 1 unspecified atom stereocenters. The Morgan fingerprint density at radius 3 is 3.00 bits per heavy atom. The molecule has 0 radical (unpaired) electrons. The molecule has 2 aliphatic rings. The van der Waals surface area contributed by atoms with Gasteiger partial charge in [0.05, 0.1) is 5.69 Å². The molecule has 2 aliphatic heterocycles. The van der Waals surface area contributed by atoms with Gasteiger partial charge in [0, 0.05) is 24.8 Å². The summed E-state index contributed by atoms with van der Waals surface area (Å²) in [7, 11) is 0. The molecule has 98 valence electrons. The Morgan fingerprint density at radius 2 is 2.11 bits per heavy atom. The summed E-state index contributed by atoms with van der Waals surface area (Å²) in [5.41, 5.74) is 2.35. The quantitative estimate of drug-likeness (QED) is 0.795. The summed E-state index contributed by atoms with van der Waals surface area (Å²) in [5, 5.41) is 0. The van der Waals surface area contributed by atoms with Gasteiger partial charge in [0.15, 0.2) is 0 Å². The van der Waals surface area contributed by atoms with E-state index in [9.17, 15) is 0 Å². The van der Waals surface area contributed by atoms with Gasteiger partial charge in [0.25, 0.3) is 0 Å². The Hall–Kier alpha value is -0.930. The zero-order chi connectivity index (χ0) is 12.4. The van der Waals surface area contributed by atoms with E-state index in [1.807, 2.05) is 0 Å². The van der Waals surface area contributed by atoms with Crippen LogP contribution in [0.1, 0.15) is 30.7 Å². The number of hydrogen-bond acceptors (Lipinski definition) is 3. The van der Waals surface area contributed by atoms with Crippen molar-refractivity contribution in [1.82, 2.24) is 14.8 Å². The van der Waals surface area contributed by atoms with Crippen molar-refractivity contribution in [3.05, 3.63) is 29.6 Å². The molecule has 0 aliphatic carbocycles. The summed E-state index contributed by atoms with van der Waals surface area (Å²) in [4.78, 5) is 9.91. The van der Waals surface area contributed by atoms with Crippen molar-refractivity contribution in [2.24, 2.45) is 0 Å². The summed E-state index contributed by atoms with van der Waals surface area (Å²) in [5.74, 6) is 0. The topological polar surface area (TPSA) is 19.4 Å². The number of rotatable bonds is 2. The molecule has 3 nitrogen and oxygen atoms in total. The molecule has 3 heterocycles. The van der Waals surface area contributed by atoms with Crippen molar-refractivity contribution in [3.8, 4) is 0 Å². The molecule has 0 saturated carbocycles. The van der Waals surface area contributed by atoms with Gasteiger partial charge in [-0.05, 0) is 58.0 Å². The molecule has 0 bridgehead atoms. The first-order valence-corrected chi connectivity index (χ1v) is 7.20. The minimum Gasteiger partial charge on any atom is -0.299 e. The number of aromatic nitrogens is 1. The molecule has 18 heavy (non-hydrogen) atoms. The third kappa shape index (κ3) is 2.73. The molecular formula is C15H23N3. The summed E-state index contributed by atoms with van der Waals surface area (Å²) in [6.07, 6.45) is 4.08. The molecule has 0 amide bonds. The van der Waals surface area contributed by atoms with Crippen molar-refractivity contribution in [1.29, 1.82) is 0 Å². The predicted octanol–water partition coefficient (Wildman–Crippen LogP) is 2.06. The van der Waals surface area contributed by atoms with Gasteiger partial charge in [-0.3, -0.25) is 14.8 Å². The first-order valence-electron chi connectivity index (χ1n) is 7.20. The lowest BCUT2D eigenvalue weighted by Crippen LogP contribution is -2.36. The van der Waals surface area contributed by atoms with Crippen LogP contribution in [0.5, 0.6) is 0 Å². The average molecular weight is 245 g/mol. The van der Waals surface area contributed by atoms with E-state index in [4.69, 9.17) is 0 Å². The van der Waals surface area contributed by atoms with Crippen LogP contribution in [-0.2, 0) is 6.54 Å². The zero-order valence-corrected chi connectivity index (χ0v) is 11.3. The highest BCUT2D eigenvalue weighted by molar-refractivity contribution is 5.10. The number of hydrogen-bond donors (Lipinski definition) is 0. The molecule has 0 N–H and O–H groups in total. The van der Waals surface area contributed by atoms with Crippen LogP contribution < -0.4 is 0 Å². The van der Waals surface area contributed by atoms with Gasteiger partial charge >= 0.3 is 0 Å². The van der Waals surface area contributed by atoms with Crippen LogP contribution in [0.4, 0.5) is 0 Å². The second kappa shape index (κ2) is 5.37. The third-order valence-corrected chi connectivity index (χ3v) is 4.22. The predicted molar refractivity (Wildman–Crippen MR) is 73.5 cm³/mol. The molecular weight excluding hydrogens is 222 g/mol. The van der Waals surface area contributed by atoms with Crippen molar-refractivity contribution < 1.29 is 0 Å². The molecule has 2 fully saturated rings. The van der Waals surface area contributed by atoms with Crippen molar-refractivity contribution >= 4 is 0 Å². The highest BCUT2D eigenvalue weighted by atomic mass is 15.3. The van der Waals surface area contributed by atoms with Gasteiger partial charge < -0.3 is 0 Å². The maximum absolute atomic E-state index is 4.63. The first kappa shape index (κ1) is 12.1. The highest BCUT2D eigenvalue weighted by Gasteiger charge is 2.28. The first-order chi connectivity index (χ1) is 8.81. The van der Waals surface area contributed by atoms with Crippen LogP contribution in [0.2, 0.25) is 0 Å². The molecule has 0 aromatic carbocycles. The van der Waals surface area contributed by atoms with E-state index in [2.05, 4.69) is 39.9 Å². The Balaban J connectivity index is 1.65. The summed E-state index contributed by atoms with van der Waals surface area (Å²) >= 11 is 0. The standard InChI is InChI=1S/C15H23N3/c1-13-5-2-6-14(16-13)11-17-8-4-10-18-9-3-7-15(18)12-17/h2,5-6,15H,3-4,7-12H2,1H3. The van der Waals surface area contributed by atoms with Crippen molar-refractivity contribution in [3.63, 3.8) is 0 Å². The maximum atomic E-state index is 4.63. The second-order valence-electron chi connectivity index (χ2n) is 5.69. The second-order valence-corrected chi connectivity index (χ2v) is 5.69. The normalized spacial score (nSPS) is 25.9. The smallest absolute Gasteiger partial charge is 0.0547 e. The minimum absolute atomic E-state index is 0.803. The number of fused-ring (bicyclic) bond motifs is 1. The largest absolute Gasteiger partial charge is 0.299 e. The number of nitrogens with zero attached hydrogens (tertiary/aromatic N) is 3. The highest BCUT2D eigenvalue weighted by Crippen LogP contribution is 2.22. The fourth-order valence-corrected chi connectivity index (χ4v) is 3.34. The van der Waals surface area contributed by atoms with Gasteiger partial charge in [-0.1, -0.05) is 6.07 Å². The van der Waals surface area contributed by atoms with E-state index in [1.54, 1.807) is 0 Å². The van der Waals surface area contributed by atoms with Gasteiger partial charge in [0.1, 0.15) is 0 Å².